The Hall–Kier alpha value is -1.31. The highest BCUT2D eigenvalue weighted by Gasteiger charge is 2.23. The maximum absolute atomic E-state index is 5.70. The van der Waals surface area contributed by atoms with Crippen LogP contribution in [0.1, 0.15) is 30.5 Å². The second kappa shape index (κ2) is 4.28. The molecular weight excluding hydrogens is 198 g/mol. The van der Waals surface area contributed by atoms with Crippen LogP contribution in [0.4, 0.5) is 0 Å². The molecule has 0 N–H and O–H groups in total. The molecule has 16 heavy (non-hydrogen) atoms. The van der Waals surface area contributed by atoms with Gasteiger partial charge in [0.15, 0.2) is 0 Å². The number of aryl methyl sites for hydroxylation is 1. The van der Waals surface area contributed by atoms with E-state index in [9.17, 15) is 0 Å². The summed E-state index contributed by atoms with van der Waals surface area (Å²) in [6.07, 6.45) is 0. The van der Waals surface area contributed by atoms with Crippen molar-refractivity contribution < 1.29 is 4.74 Å². The molecule has 0 aromatic heterocycles. The minimum atomic E-state index is 0.315. The molecule has 0 aliphatic carbocycles. The van der Waals surface area contributed by atoms with Crippen LogP contribution < -0.4 is 0 Å². The summed E-state index contributed by atoms with van der Waals surface area (Å²) in [4.78, 5) is 4.65. The van der Waals surface area contributed by atoms with Gasteiger partial charge < -0.3 is 4.74 Å². The van der Waals surface area contributed by atoms with Gasteiger partial charge >= 0.3 is 0 Å². The molecule has 86 valence electrons. The van der Waals surface area contributed by atoms with Crippen LogP contribution in [0.15, 0.2) is 23.2 Å². The van der Waals surface area contributed by atoms with Gasteiger partial charge in [-0.2, -0.15) is 0 Å². The van der Waals surface area contributed by atoms with Crippen molar-refractivity contribution in [1.82, 2.24) is 0 Å². The summed E-state index contributed by atoms with van der Waals surface area (Å²) in [6, 6.07) is 6.58. The van der Waals surface area contributed by atoms with Crippen molar-refractivity contribution >= 4 is 5.90 Å². The maximum atomic E-state index is 5.70. The second-order valence-corrected chi connectivity index (χ2v) is 4.80. The Labute approximate surface area is 97.4 Å². The topological polar surface area (TPSA) is 21.6 Å². The number of benzene rings is 1. The molecule has 0 amide bonds. The molecule has 0 saturated heterocycles. The van der Waals surface area contributed by atoms with Crippen molar-refractivity contribution in [2.45, 2.75) is 33.7 Å². The van der Waals surface area contributed by atoms with Gasteiger partial charge in [0.05, 0.1) is 6.04 Å². The van der Waals surface area contributed by atoms with Crippen LogP contribution in [0.5, 0.6) is 0 Å². The van der Waals surface area contributed by atoms with Crippen LogP contribution >= 0.6 is 0 Å². The number of ether oxygens (including phenoxy) is 1. The van der Waals surface area contributed by atoms with E-state index in [4.69, 9.17) is 4.74 Å². The first-order chi connectivity index (χ1) is 7.59. The van der Waals surface area contributed by atoms with E-state index in [0.717, 1.165) is 18.1 Å². The average Bonchev–Trinajstić information content (AvgIpc) is 2.71. The second-order valence-electron chi connectivity index (χ2n) is 4.80. The quantitative estimate of drug-likeness (QED) is 0.746. The summed E-state index contributed by atoms with van der Waals surface area (Å²) in [6.45, 7) is 9.33. The minimum absolute atomic E-state index is 0.315. The van der Waals surface area contributed by atoms with Gasteiger partial charge in [0, 0.05) is 5.56 Å². The predicted molar refractivity (Wildman–Crippen MR) is 67.0 cm³/mol. The molecule has 1 aliphatic heterocycles. The fourth-order valence-electron chi connectivity index (χ4n) is 1.86. The molecule has 0 saturated carbocycles. The molecule has 1 unspecified atom stereocenters. The van der Waals surface area contributed by atoms with Crippen LogP contribution in [0.25, 0.3) is 0 Å². The van der Waals surface area contributed by atoms with E-state index in [1.54, 1.807) is 0 Å². The first kappa shape index (κ1) is 11.2. The van der Waals surface area contributed by atoms with Gasteiger partial charge in [-0.15, -0.1) is 0 Å². The lowest BCUT2D eigenvalue weighted by Crippen LogP contribution is -2.13. The van der Waals surface area contributed by atoms with Gasteiger partial charge in [-0.25, -0.2) is 4.99 Å². The van der Waals surface area contributed by atoms with Crippen LogP contribution in [-0.2, 0) is 4.74 Å². The highest BCUT2D eigenvalue weighted by atomic mass is 16.5. The Bertz CT molecular complexity index is 421. The molecule has 1 atom stereocenters. The van der Waals surface area contributed by atoms with E-state index in [1.807, 2.05) is 0 Å². The Morgan fingerprint density at radius 2 is 2.06 bits per heavy atom. The Morgan fingerprint density at radius 1 is 1.31 bits per heavy atom. The Kier molecular flexibility index (Phi) is 2.99. The zero-order valence-electron chi connectivity index (χ0n) is 10.4. The first-order valence-corrected chi connectivity index (χ1v) is 5.86. The van der Waals surface area contributed by atoms with E-state index >= 15 is 0 Å². The standard InChI is InChI=1S/C14H19NO/c1-9(2)13-8-16-14(15-13)12-7-5-6-10(3)11(12)4/h5-7,9,13H,8H2,1-4H3. The minimum Gasteiger partial charge on any atom is -0.475 e. The van der Waals surface area contributed by atoms with Gasteiger partial charge in [0.25, 0.3) is 0 Å². The smallest absolute Gasteiger partial charge is 0.216 e. The predicted octanol–water partition coefficient (Wildman–Crippen LogP) is 3.10. The zero-order valence-corrected chi connectivity index (χ0v) is 10.4. The molecule has 0 fully saturated rings. The number of hydrogen-bond acceptors (Lipinski definition) is 2. The van der Waals surface area contributed by atoms with Gasteiger partial charge in [-0.05, 0) is 37.0 Å². The van der Waals surface area contributed by atoms with Gasteiger partial charge in [0.1, 0.15) is 6.61 Å². The normalized spacial score (nSPS) is 19.8. The molecule has 1 heterocycles. The van der Waals surface area contributed by atoms with Crippen molar-refractivity contribution in [1.29, 1.82) is 0 Å². The van der Waals surface area contributed by atoms with Crippen molar-refractivity contribution in [3.8, 4) is 0 Å². The third kappa shape index (κ3) is 1.97. The number of aliphatic imine (C=N–C) groups is 1. The monoisotopic (exact) mass is 217 g/mol. The van der Waals surface area contributed by atoms with Crippen molar-refractivity contribution in [3.05, 3.63) is 34.9 Å². The maximum Gasteiger partial charge on any atom is 0.216 e. The van der Waals surface area contributed by atoms with Crippen molar-refractivity contribution in [2.75, 3.05) is 6.61 Å². The zero-order chi connectivity index (χ0) is 11.7. The first-order valence-electron chi connectivity index (χ1n) is 5.86. The third-order valence-electron chi connectivity index (χ3n) is 3.28. The summed E-state index contributed by atoms with van der Waals surface area (Å²) in [5, 5.41) is 0. The van der Waals surface area contributed by atoms with Crippen molar-refractivity contribution in [2.24, 2.45) is 10.9 Å². The third-order valence-corrected chi connectivity index (χ3v) is 3.28. The molecule has 0 bridgehead atoms. The molecule has 0 spiro atoms. The number of hydrogen-bond donors (Lipinski definition) is 0. The highest BCUT2D eigenvalue weighted by molar-refractivity contribution is 5.96. The lowest BCUT2D eigenvalue weighted by atomic mass is 10.0. The van der Waals surface area contributed by atoms with E-state index in [2.05, 4.69) is 50.9 Å². The molecule has 0 radical (unpaired) electrons. The summed E-state index contributed by atoms with van der Waals surface area (Å²) >= 11 is 0. The summed E-state index contributed by atoms with van der Waals surface area (Å²) in [7, 11) is 0. The highest BCUT2D eigenvalue weighted by Crippen LogP contribution is 2.21. The van der Waals surface area contributed by atoms with Gasteiger partial charge in [0.2, 0.25) is 5.90 Å². The average molecular weight is 217 g/mol. The lowest BCUT2D eigenvalue weighted by molar-refractivity contribution is 0.291. The Morgan fingerprint density at radius 3 is 2.69 bits per heavy atom. The van der Waals surface area contributed by atoms with Gasteiger partial charge in [-0.1, -0.05) is 26.0 Å². The number of nitrogens with zero attached hydrogens (tertiary/aromatic N) is 1. The lowest BCUT2D eigenvalue weighted by Gasteiger charge is -2.07. The van der Waals surface area contributed by atoms with Gasteiger partial charge in [-0.3, -0.25) is 0 Å². The summed E-state index contributed by atoms with van der Waals surface area (Å²) in [5.41, 5.74) is 3.70. The molecule has 1 aromatic carbocycles. The largest absolute Gasteiger partial charge is 0.475 e. The fourth-order valence-corrected chi connectivity index (χ4v) is 1.86. The van der Waals surface area contributed by atoms with E-state index in [0.29, 0.717) is 12.0 Å². The van der Waals surface area contributed by atoms with E-state index in [1.165, 1.54) is 11.1 Å². The molecule has 2 heteroatoms. The van der Waals surface area contributed by atoms with Crippen molar-refractivity contribution in [3.63, 3.8) is 0 Å². The molecule has 2 nitrogen and oxygen atoms in total. The van der Waals surface area contributed by atoms with Crippen LogP contribution in [0.3, 0.4) is 0 Å². The summed E-state index contributed by atoms with van der Waals surface area (Å²) < 4.78 is 5.70. The van der Waals surface area contributed by atoms with Crippen LogP contribution in [0.2, 0.25) is 0 Å². The SMILES string of the molecule is Cc1cccc(C2=NC(C(C)C)CO2)c1C. The van der Waals surface area contributed by atoms with E-state index in [-0.39, 0.29) is 0 Å². The van der Waals surface area contributed by atoms with Crippen LogP contribution in [0, 0.1) is 19.8 Å². The Balaban J connectivity index is 2.32. The van der Waals surface area contributed by atoms with Crippen LogP contribution in [-0.4, -0.2) is 18.5 Å². The van der Waals surface area contributed by atoms with E-state index < -0.39 is 0 Å². The molecule has 2 rings (SSSR count). The fraction of sp³-hybridized carbons (Fsp3) is 0.500. The summed E-state index contributed by atoms with van der Waals surface area (Å²) in [5.74, 6) is 1.36. The molecule has 1 aromatic rings. The number of rotatable bonds is 2. The molecule has 1 aliphatic rings. The molecular formula is C14H19NO.